The molecule has 0 aliphatic carbocycles. The number of aromatic nitrogens is 1. The number of benzene rings is 2. The summed E-state index contributed by atoms with van der Waals surface area (Å²) < 4.78 is 0. The Labute approximate surface area is 174 Å². The van der Waals surface area contributed by atoms with E-state index in [4.69, 9.17) is 23.2 Å². The van der Waals surface area contributed by atoms with Crippen molar-refractivity contribution in [2.45, 2.75) is 19.4 Å². The fourth-order valence-corrected chi connectivity index (χ4v) is 3.40. The average molecular weight is 414 g/mol. The number of amides is 1. The van der Waals surface area contributed by atoms with Crippen molar-refractivity contribution in [2.75, 3.05) is 11.9 Å². The molecule has 3 aromatic rings. The number of hydrogen-bond acceptors (Lipinski definition) is 3. The van der Waals surface area contributed by atoms with Gasteiger partial charge in [0.1, 0.15) is 6.04 Å². The van der Waals surface area contributed by atoms with Crippen molar-refractivity contribution in [1.29, 1.82) is 0 Å². The summed E-state index contributed by atoms with van der Waals surface area (Å²) in [7, 11) is 0. The highest BCUT2D eigenvalue weighted by Crippen LogP contribution is 2.30. The van der Waals surface area contributed by atoms with Crippen LogP contribution in [-0.2, 0) is 11.2 Å². The third kappa shape index (κ3) is 5.24. The number of carbonyl (C=O) groups excluding carboxylic acids is 1. The second-order valence-electron chi connectivity index (χ2n) is 6.48. The van der Waals surface area contributed by atoms with E-state index >= 15 is 0 Å². The van der Waals surface area contributed by atoms with Gasteiger partial charge in [0.05, 0.1) is 10.7 Å². The third-order valence-electron chi connectivity index (χ3n) is 4.37. The fraction of sp³-hybridized carbons (Fsp3) is 0.182. The highest BCUT2D eigenvalue weighted by molar-refractivity contribution is 6.33. The lowest BCUT2D eigenvalue weighted by atomic mass is 10.0. The van der Waals surface area contributed by atoms with Gasteiger partial charge in [0, 0.05) is 29.5 Å². The van der Waals surface area contributed by atoms with Crippen LogP contribution in [-0.4, -0.2) is 17.4 Å². The summed E-state index contributed by atoms with van der Waals surface area (Å²) in [6.07, 6.45) is 4.20. The maximum atomic E-state index is 13.0. The van der Waals surface area contributed by atoms with Crippen molar-refractivity contribution in [3.05, 3.63) is 93.7 Å². The molecule has 0 aliphatic heterocycles. The molecule has 4 nitrogen and oxygen atoms in total. The van der Waals surface area contributed by atoms with Crippen molar-refractivity contribution >= 4 is 34.8 Å². The number of halogens is 2. The van der Waals surface area contributed by atoms with Crippen LogP contribution in [0.2, 0.25) is 10.0 Å². The minimum Gasteiger partial charge on any atom is -0.369 e. The Kier molecular flexibility index (Phi) is 6.90. The summed E-state index contributed by atoms with van der Waals surface area (Å²) in [4.78, 5) is 17.0. The maximum absolute atomic E-state index is 13.0. The molecule has 1 atom stereocenters. The third-order valence-corrected chi connectivity index (χ3v) is 5.02. The number of nitrogens with zero attached hydrogens (tertiary/aromatic N) is 1. The van der Waals surface area contributed by atoms with Gasteiger partial charge < -0.3 is 10.6 Å². The molecular formula is C22H21Cl2N3O. The molecule has 0 saturated carbocycles. The van der Waals surface area contributed by atoms with Crippen LogP contribution >= 0.6 is 23.2 Å². The molecule has 0 aliphatic rings. The van der Waals surface area contributed by atoms with Gasteiger partial charge in [-0.05, 0) is 54.8 Å². The van der Waals surface area contributed by atoms with Crippen LogP contribution in [0.1, 0.15) is 22.7 Å². The lowest BCUT2D eigenvalue weighted by molar-refractivity contribution is -0.121. The summed E-state index contributed by atoms with van der Waals surface area (Å²) in [5.41, 5.74) is 3.54. The molecule has 0 radical (unpaired) electrons. The number of pyridine rings is 1. The molecule has 1 amide bonds. The van der Waals surface area contributed by atoms with E-state index in [-0.39, 0.29) is 5.91 Å². The van der Waals surface area contributed by atoms with Gasteiger partial charge >= 0.3 is 0 Å². The maximum Gasteiger partial charge on any atom is 0.247 e. The number of carbonyl (C=O) groups is 1. The first-order valence-electron chi connectivity index (χ1n) is 8.98. The van der Waals surface area contributed by atoms with Crippen molar-refractivity contribution in [3.63, 3.8) is 0 Å². The Hall–Kier alpha value is -2.56. The van der Waals surface area contributed by atoms with E-state index in [2.05, 4.69) is 15.6 Å². The van der Waals surface area contributed by atoms with Crippen LogP contribution < -0.4 is 10.6 Å². The molecule has 0 saturated heterocycles. The molecule has 1 aromatic heterocycles. The van der Waals surface area contributed by atoms with Crippen LogP contribution in [0.15, 0.2) is 67.0 Å². The van der Waals surface area contributed by atoms with Crippen LogP contribution in [0.5, 0.6) is 0 Å². The molecule has 2 aromatic carbocycles. The second kappa shape index (κ2) is 9.58. The lowest BCUT2D eigenvalue weighted by Crippen LogP contribution is -2.35. The molecule has 144 valence electrons. The highest BCUT2D eigenvalue weighted by Gasteiger charge is 2.23. The Balaban J connectivity index is 1.77. The Morgan fingerprint density at radius 3 is 2.50 bits per heavy atom. The summed E-state index contributed by atoms with van der Waals surface area (Å²) in [6.45, 7) is 2.47. The Bertz CT molecular complexity index is 948. The molecule has 2 N–H and O–H groups in total. The van der Waals surface area contributed by atoms with E-state index in [1.807, 2.05) is 55.5 Å². The van der Waals surface area contributed by atoms with Crippen molar-refractivity contribution in [1.82, 2.24) is 10.3 Å². The van der Waals surface area contributed by atoms with Gasteiger partial charge in [-0.25, -0.2) is 0 Å². The number of aryl methyl sites for hydroxylation is 1. The minimum absolute atomic E-state index is 0.168. The topological polar surface area (TPSA) is 54.0 Å². The molecular weight excluding hydrogens is 393 g/mol. The van der Waals surface area contributed by atoms with E-state index < -0.39 is 6.04 Å². The van der Waals surface area contributed by atoms with Crippen LogP contribution in [0.25, 0.3) is 0 Å². The minimum atomic E-state index is -0.661. The van der Waals surface area contributed by atoms with E-state index in [0.717, 1.165) is 17.5 Å². The van der Waals surface area contributed by atoms with Gasteiger partial charge in [0.15, 0.2) is 0 Å². The van der Waals surface area contributed by atoms with Crippen molar-refractivity contribution in [3.8, 4) is 0 Å². The number of hydrogen-bond donors (Lipinski definition) is 2. The van der Waals surface area contributed by atoms with Crippen molar-refractivity contribution < 1.29 is 4.79 Å². The zero-order valence-corrected chi connectivity index (χ0v) is 17.0. The molecule has 1 unspecified atom stereocenters. The van der Waals surface area contributed by atoms with E-state index in [9.17, 15) is 4.79 Å². The van der Waals surface area contributed by atoms with Crippen LogP contribution in [0.3, 0.4) is 0 Å². The number of anilines is 1. The molecule has 1 heterocycles. The smallest absolute Gasteiger partial charge is 0.247 e. The fourth-order valence-electron chi connectivity index (χ4n) is 2.87. The summed E-state index contributed by atoms with van der Waals surface area (Å²) >= 11 is 12.7. The van der Waals surface area contributed by atoms with Gasteiger partial charge in [-0.3, -0.25) is 9.78 Å². The van der Waals surface area contributed by atoms with Gasteiger partial charge in [-0.1, -0.05) is 47.5 Å². The standard InChI is InChI=1S/C22H21Cl2N3O/c1-15-6-7-20(19(24)14-15)27-21(17-4-2-3-5-18(17)23)22(28)26-13-10-16-8-11-25-12-9-16/h2-9,11-12,14,21,27H,10,13H2,1H3,(H,26,28). The first kappa shape index (κ1) is 20.2. The predicted octanol–water partition coefficient (Wildman–Crippen LogP) is 5.21. The summed E-state index contributed by atoms with van der Waals surface area (Å²) in [5, 5.41) is 7.30. The lowest BCUT2D eigenvalue weighted by Gasteiger charge is -2.22. The Morgan fingerprint density at radius 1 is 1.04 bits per heavy atom. The number of rotatable bonds is 7. The molecule has 0 bridgehead atoms. The molecule has 6 heteroatoms. The highest BCUT2D eigenvalue weighted by atomic mass is 35.5. The van der Waals surface area contributed by atoms with Crippen molar-refractivity contribution in [2.24, 2.45) is 0 Å². The van der Waals surface area contributed by atoms with E-state index in [1.165, 1.54) is 0 Å². The Morgan fingerprint density at radius 2 is 1.79 bits per heavy atom. The molecule has 3 rings (SSSR count). The van der Waals surface area contributed by atoms with Gasteiger partial charge in [-0.2, -0.15) is 0 Å². The van der Waals surface area contributed by atoms with Gasteiger partial charge in [-0.15, -0.1) is 0 Å². The SMILES string of the molecule is Cc1ccc(NC(C(=O)NCCc2ccncc2)c2ccccc2Cl)c(Cl)c1. The van der Waals surface area contributed by atoms with Crippen LogP contribution in [0, 0.1) is 6.92 Å². The van der Waals surface area contributed by atoms with Crippen LogP contribution in [0.4, 0.5) is 5.69 Å². The first-order valence-corrected chi connectivity index (χ1v) is 9.74. The average Bonchev–Trinajstić information content (AvgIpc) is 2.69. The zero-order valence-electron chi connectivity index (χ0n) is 15.5. The molecule has 28 heavy (non-hydrogen) atoms. The molecule has 0 fully saturated rings. The second-order valence-corrected chi connectivity index (χ2v) is 7.29. The monoisotopic (exact) mass is 413 g/mol. The zero-order chi connectivity index (χ0) is 19.9. The van der Waals surface area contributed by atoms with Gasteiger partial charge in [0.2, 0.25) is 5.91 Å². The van der Waals surface area contributed by atoms with Gasteiger partial charge in [0.25, 0.3) is 0 Å². The van der Waals surface area contributed by atoms with E-state index in [1.54, 1.807) is 18.5 Å². The predicted molar refractivity (Wildman–Crippen MR) is 115 cm³/mol. The summed E-state index contributed by atoms with van der Waals surface area (Å²) in [6, 6.07) is 16.2. The normalized spacial score (nSPS) is 11.7. The molecule has 0 spiro atoms. The summed E-state index contributed by atoms with van der Waals surface area (Å²) in [5.74, 6) is -0.168. The number of nitrogens with one attached hydrogen (secondary N) is 2. The quantitative estimate of drug-likeness (QED) is 0.558. The largest absolute Gasteiger partial charge is 0.369 e. The van der Waals surface area contributed by atoms with E-state index in [0.29, 0.717) is 27.8 Å². The first-order chi connectivity index (χ1) is 13.5.